The molecule has 0 bridgehead atoms. The Morgan fingerprint density at radius 3 is 2.41 bits per heavy atom. The van der Waals surface area contributed by atoms with Gasteiger partial charge in [0.15, 0.2) is 11.6 Å². The van der Waals surface area contributed by atoms with Crippen LogP contribution in [0.2, 0.25) is 0 Å². The Bertz CT molecular complexity index is 1250. The van der Waals surface area contributed by atoms with E-state index in [2.05, 4.69) is 37.8 Å². The van der Waals surface area contributed by atoms with Crippen molar-refractivity contribution < 1.29 is 24.1 Å². The van der Waals surface area contributed by atoms with Crippen LogP contribution in [-0.2, 0) is 14.2 Å². The van der Waals surface area contributed by atoms with Gasteiger partial charge in [-0.3, -0.25) is 4.79 Å². The van der Waals surface area contributed by atoms with Crippen LogP contribution in [0.4, 0.5) is 0 Å². The molecule has 2 spiro atoms. The molecule has 2 saturated heterocycles. The summed E-state index contributed by atoms with van der Waals surface area (Å²) in [7, 11) is 0. The van der Waals surface area contributed by atoms with Gasteiger partial charge < -0.3 is 19.3 Å². The van der Waals surface area contributed by atoms with Crippen LogP contribution in [0, 0.1) is 23.2 Å². The number of Topliss-reactive ketones (excluding diaryl/α,β-unsaturated/α-hetero) is 1. The lowest BCUT2D eigenvalue weighted by Gasteiger charge is -2.58. The highest BCUT2D eigenvalue weighted by Crippen LogP contribution is 2.70. The number of carbonyl (C=O) groups is 1. The third-order valence-corrected chi connectivity index (χ3v) is 12.2. The Balaban J connectivity index is 1.24. The van der Waals surface area contributed by atoms with Gasteiger partial charge in [-0.05, 0) is 86.3 Å². The zero-order valence-electron chi connectivity index (χ0n) is 23.3. The van der Waals surface area contributed by atoms with Crippen LogP contribution in [0.1, 0.15) is 99.4 Å². The van der Waals surface area contributed by atoms with Gasteiger partial charge in [0.1, 0.15) is 0 Å². The Labute approximate surface area is 232 Å². The van der Waals surface area contributed by atoms with Crippen molar-refractivity contribution in [2.75, 3.05) is 19.8 Å². The molecule has 39 heavy (non-hydrogen) atoms. The highest BCUT2D eigenvalue weighted by Gasteiger charge is 2.67. The summed E-state index contributed by atoms with van der Waals surface area (Å²) in [6.07, 6.45) is 10.2. The molecule has 1 aromatic carbocycles. The molecular formula is C34H42O5. The minimum atomic E-state index is -0.869. The number of allylic oxidation sites excluding steroid dienone is 1. The van der Waals surface area contributed by atoms with E-state index in [9.17, 15) is 9.90 Å². The summed E-state index contributed by atoms with van der Waals surface area (Å²) >= 11 is 0. The quantitative estimate of drug-likeness (QED) is 0.369. The molecule has 6 fully saturated rings. The highest BCUT2D eigenvalue weighted by atomic mass is 16.7. The summed E-state index contributed by atoms with van der Waals surface area (Å²) in [6.45, 7) is 9.05. The summed E-state index contributed by atoms with van der Waals surface area (Å²) in [5, 5.41) is 12.3. The number of benzene rings is 1. The fourth-order valence-electron chi connectivity index (χ4n) is 10.2. The molecule has 8 rings (SSSR count). The Morgan fingerprint density at radius 1 is 0.949 bits per heavy atom. The second-order valence-corrected chi connectivity index (χ2v) is 14.0. The number of rotatable bonds is 3. The van der Waals surface area contributed by atoms with E-state index in [1.807, 2.05) is 0 Å². The number of hydrogen-bond acceptors (Lipinski definition) is 5. The molecule has 2 aliphatic heterocycles. The molecule has 1 N–H and O–H groups in total. The second kappa shape index (κ2) is 8.38. The molecule has 0 amide bonds. The zero-order chi connectivity index (χ0) is 26.6. The Morgan fingerprint density at radius 2 is 1.72 bits per heavy atom. The summed E-state index contributed by atoms with van der Waals surface area (Å²) in [4.78, 5) is 12.8. The molecule has 208 valence electrons. The maximum atomic E-state index is 12.8. The summed E-state index contributed by atoms with van der Waals surface area (Å²) < 4.78 is 18.9. The van der Waals surface area contributed by atoms with E-state index >= 15 is 0 Å². The van der Waals surface area contributed by atoms with E-state index < -0.39 is 11.4 Å². The molecule has 5 nitrogen and oxygen atoms in total. The van der Waals surface area contributed by atoms with Gasteiger partial charge in [-0.25, -0.2) is 0 Å². The normalized spacial score (nSPS) is 42.6. The lowest BCUT2D eigenvalue weighted by atomic mass is 9.49. The molecule has 2 heterocycles. The van der Waals surface area contributed by atoms with Crippen molar-refractivity contribution in [2.24, 2.45) is 23.2 Å². The predicted octanol–water partition coefficient (Wildman–Crippen LogP) is 6.26. The molecule has 7 aliphatic rings. The van der Waals surface area contributed by atoms with Gasteiger partial charge in [-0.15, -0.1) is 0 Å². The van der Waals surface area contributed by atoms with Crippen LogP contribution in [-0.4, -0.2) is 47.7 Å². The fourth-order valence-corrected chi connectivity index (χ4v) is 10.2. The van der Waals surface area contributed by atoms with Crippen molar-refractivity contribution in [1.29, 1.82) is 0 Å². The number of hydrogen-bond donors (Lipinski definition) is 1. The maximum Gasteiger partial charge on any atom is 0.171 e. The van der Waals surface area contributed by atoms with Gasteiger partial charge in [0.05, 0.1) is 31.0 Å². The van der Waals surface area contributed by atoms with Crippen LogP contribution in [0.25, 0.3) is 0 Å². The monoisotopic (exact) mass is 530 g/mol. The molecule has 5 aliphatic carbocycles. The van der Waals surface area contributed by atoms with Crippen LogP contribution in [0.5, 0.6) is 0 Å². The van der Waals surface area contributed by atoms with E-state index in [0.29, 0.717) is 37.3 Å². The van der Waals surface area contributed by atoms with Crippen molar-refractivity contribution in [2.45, 2.75) is 100 Å². The molecular weight excluding hydrogens is 488 g/mol. The minimum Gasteiger partial charge on any atom is -0.385 e. The minimum absolute atomic E-state index is 0.00546. The predicted molar refractivity (Wildman–Crippen MR) is 147 cm³/mol. The van der Waals surface area contributed by atoms with Crippen molar-refractivity contribution in [3.8, 4) is 0 Å². The van der Waals surface area contributed by atoms with Crippen LogP contribution >= 0.6 is 0 Å². The first-order valence-electron chi connectivity index (χ1n) is 15.5. The molecule has 0 radical (unpaired) electrons. The SMILES string of the molecule is C=C1CCO[C@]12CCC1C3CC[C@@]4(O)CC5(CCC4=C3C(c3ccc(C(=O)C4CC4)cc3)C[C@@]12C)OCCO5. The smallest absolute Gasteiger partial charge is 0.171 e. The van der Waals surface area contributed by atoms with E-state index in [1.165, 1.54) is 22.3 Å². The fraction of sp³-hybridized carbons (Fsp3) is 0.676. The van der Waals surface area contributed by atoms with E-state index in [4.69, 9.17) is 14.2 Å². The molecule has 1 aromatic rings. The third kappa shape index (κ3) is 3.43. The number of carbonyl (C=O) groups excluding carboxylic acids is 1. The average Bonchev–Trinajstić information content (AvgIpc) is 3.47. The van der Waals surface area contributed by atoms with Crippen molar-refractivity contribution in [3.63, 3.8) is 0 Å². The summed E-state index contributed by atoms with van der Waals surface area (Å²) in [5.41, 5.74) is 5.06. The van der Waals surface area contributed by atoms with Gasteiger partial charge in [-0.1, -0.05) is 43.3 Å². The van der Waals surface area contributed by atoms with E-state index in [-0.39, 0.29) is 22.9 Å². The van der Waals surface area contributed by atoms with Crippen LogP contribution in [0.15, 0.2) is 47.6 Å². The summed E-state index contributed by atoms with van der Waals surface area (Å²) in [6, 6.07) is 8.54. The average molecular weight is 531 g/mol. The van der Waals surface area contributed by atoms with Gasteiger partial charge >= 0.3 is 0 Å². The topological polar surface area (TPSA) is 65.0 Å². The standard InChI is InChI=1S/C34H42O5/c1-21-12-16-39-34(21)15-11-27-25-9-13-32(36)20-33(37-17-18-38-33)14-10-28(32)29(25)26(19-31(27,34)2)22-3-5-23(6-4-22)30(35)24-7-8-24/h3-6,24-27,36H,1,7-20H2,2H3/t25?,26?,27?,31-,32+,34+/m0/s1. The van der Waals surface area contributed by atoms with Gasteiger partial charge in [0.25, 0.3) is 0 Å². The first-order valence-corrected chi connectivity index (χ1v) is 15.5. The molecule has 3 unspecified atom stereocenters. The van der Waals surface area contributed by atoms with Gasteiger partial charge in [0.2, 0.25) is 0 Å². The number of aliphatic hydroxyl groups is 1. The Hall–Kier alpha value is -1.79. The first-order chi connectivity index (χ1) is 18.8. The Kier molecular flexibility index (Phi) is 5.36. The first kappa shape index (κ1) is 25.0. The number of ketones is 1. The number of fused-ring (bicyclic) bond motifs is 5. The molecule has 5 heteroatoms. The van der Waals surface area contributed by atoms with E-state index in [1.54, 1.807) is 0 Å². The second-order valence-electron chi connectivity index (χ2n) is 14.0. The third-order valence-electron chi connectivity index (χ3n) is 12.2. The van der Waals surface area contributed by atoms with Gasteiger partial charge in [-0.2, -0.15) is 0 Å². The largest absolute Gasteiger partial charge is 0.385 e. The van der Waals surface area contributed by atoms with E-state index in [0.717, 1.165) is 76.4 Å². The highest BCUT2D eigenvalue weighted by molar-refractivity contribution is 5.99. The van der Waals surface area contributed by atoms with Crippen LogP contribution < -0.4 is 0 Å². The molecule has 4 saturated carbocycles. The van der Waals surface area contributed by atoms with Crippen molar-refractivity contribution in [1.82, 2.24) is 0 Å². The summed E-state index contributed by atoms with van der Waals surface area (Å²) in [5.74, 6) is 1.07. The molecule has 0 aromatic heterocycles. The lowest BCUT2D eigenvalue weighted by molar-refractivity contribution is -0.208. The van der Waals surface area contributed by atoms with Crippen molar-refractivity contribution in [3.05, 3.63) is 58.7 Å². The van der Waals surface area contributed by atoms with Crippen LogP contribution in [0.3, 0.4) is 0 Å². The molecule has 6 atom stereocenters. The zero-order valence-corrected chi connectivity index (χ0v) is 23.3. The lowest BCUT2D eigenvalue weighted by Crippen LogP contribution is -2.55. The maximum absolute atomic E-state index is 12.8. The number of ether oxygens (including phenoxy) is 3. The van der Waals surface area contributed by atoms with Gasteiger partial charge in [0, 0.05) is 35.7 Å². The van der Waals surface area contributed by atoms with Crippen molar-refractivity contribution >= 4 is 5.78 Å².